The Morgan fingerprint density at radius 1 is 1.36 bits per heavy atom. The van der Waals surface area contributed by atoms with E-state index in [1.807, 2.05) is 13.2 Å². The van der Waals surface area contributed by atoms with Gasteiger partial charge in [-0.2, -0.15) is 11.8 Å². The van der Waals surface area contributed by atoms with Crippen LogP contribution in [0.25, 0.3) is 0 Å². The maximum absolute atomic E-state index is 12.5. The molecular formula is C18H22O6S. The topological polar surface area (TPSA) is 82.1 Å². The van der Waals surface area contributed by atoms with Crippen molar-refractivity contribution in [1.29, 1.82) is 0 Å². The summed E-state index contributed by atoms with van der Waals surface area (Å²) in [5, 5.41) is 10.5. The maximum atomic E-state index is 12.5. The standard InChI is InChI=1S/C18H22O6S/c1-10(25-4)7-15-17(20)16(18(21)24-15)13(19)8-11-5-6-12(22-2)9-14(11)23-3/h5-6,9-10,15,20H,7-8H2,1-4H3. The van der Waals surface area contributed by atoms with Crippen LogP contribution in [0.5, 0.6) is 11.5 Å². The second kappa shape index (κ2) is 8.29. The zero-order chi connectivity index (χ0) is 18.6. The van der Waals surface area contributed by atoms with Gasteiger partial charge < -0.3 is 19.3 Å². The number of carbonyl (C=O) groups is 2. The van der Waals surface area contributed by atoms with Crippen molar-refractivity contribution in [2.45, 2.75) is 31.1 Å². The predicted molar refractivity (Wildman–Crippen MR) is 95.4 cm³/mol. The molecule has 1 aromatic rings. The average Bonchev–Trinajstić information content (AvgIpc) is 2.88. The molecule has 2 atom stereocenters. The molecule has 25 heavy (non-hydrogen) atoms. The summed E-state index contributed by atoms with van der Waals surface area (Å²) in [5.41, 5.74) is 0.332. The molecule has 2 unspecified atom stereocenters. The Balaban J connectivity index is 2.21. The van der Waals surface area contributed by atoms with Gasteiger partial charge in [0.25, 0.3) is 0 Å². The van der Waals surface area contributed by atoms with Crippen LogP contribution in [0.3, 0.4) is 0 Å². The molecule has 1 N–H and O–H groups in total. The van der Waals surface area contributed by atoms with Crippen LogP contribution in [0.1, 0.15) is 18.9 Å². The minimum atomic E-state index is -0.770. The van der Waals surface area contributed by atoms with E-state index >= 15 is 0 Å². The zero-order valence-corrected chi connectivity index (χ0v) is 15.5. The summed E-state index contributed by atoms with van der Waals surface area (Å²) in [7, 11) is 3.02. The fraction of sp³-hybridized carbons (Fsp3) is 0.444. The molecule has 0 fully saturated rings. The molecule has 1 aromatic carbocycles. The summed E-state index contributed by atoms with van der Waals surface area (Å²) in [6.07, 6.45) is 1.56. The lowest BCUT2D eigenvalue weighted by Crippen LogP contribution is -2.16. The number of aliphatic hydroxyl groups excluding tert-OH is 1. The fourth-order valence-electron chi connectivity index (χ4n) is 2.58. The molecule has 0 amide bonds. The van der Waals surface area contributed by atoms with Gasteiger partial charge in [-0.1, -0.05) is 13.0 Å². The SMILES string of the molecule is COc1ccc(CC(=O)C2=C(O)C(CC(C)SC)OC2=O)c(OC)c1. The van der Waals surface area contributed by atoms with Crippen molar-refractivity contribution in [2.75, 3.05) is 20.5 Å². The van der Waals surface area contributed by atoms with E-state index in [1.165, 1.54) is 14.2 Å². The van der Waals surface area contributed by atoms with Gasteiger partial charge in [0.05, 0.1) is 14.2 Å². The van der Waals surface area contributed by atoms with Crippen molar-refractivity contribution in [2.24, 2.45) is 0 Å². The summed E-state index contributed by atoms with van der Waals surface area (Å²) < 4.78 is 15.5. The van der Waals surface area contributed by atoms with Gasteiger partial charge in [-0.05, 0) is 12.3 Å². The third-order valence-corrected chi connectivity index (χ3v) is 5.08. The van der Waals surface area contributed by atoms with Crippen LogP contribution < -0.4 is 9.47 Å². The number of methoxy groups -OCH3 is 2. The number of aliphatic hydroxyl groups is 1. The van der Waals surface area contributed by atoms with Gasteiger partial charge in [0.1, 0.15) is 17.1 Å². The van der Waals surface area contributed by atoms with Crippen LogP contribution >= 0.6 is 11.8 Å². The van der Waals surface area contributed by atoms with E-state index in [2.05, 4.69) is 0 Å². The lowest BCUT2D eigenvalue weighted by atomic mass is 10.0. The third kappa shape index (κ3) is 4.28. The quantitative estimate of drug-likeness (QED) is 0.559. The molecule has 0 spiro atoms. The normalized spacial score (nSPS) is 18.1. The Morgan fingerprint density at radius 3 is 2.68 bits per heavy atom. The lowest BCUT2D eigenvalue weighted by molar-refractivity contribution is -0.141. The first-order valence-corrected chi connectivity index (χ1v) is 9.11. The van der Waals surface area contributed by atoms with Crippen LogP contribution in [0.2, 0.25) is 0 Å². The molecule has 0 saturated heterocycles. The number of ether oxygens (including phenoxy) is 3. The van der Waals surface area contributed by atoms with Gasteiger partial charge >= 0.3 is 5.97 Å². The van der Waals surface area contributed by atoms with Crippen molar-refractivity contribution in [3.05, 3.63) is 35.1 Å². The number of thioether (sulfide) groups is 1. The van der Waals surface area contributed by atoms with Crippen LogP contribution in [0.15, 0.2) is 29.5 Å². The number of hydrogen-bond donors (Lipinski definition) is 1. The molecule has 1 aliphatic rings. The van der Waals surface area contributed by atoms with Crippen molar-refractivity contribution >= 4 is 23.5 Å². The van der Waals surface area contributed by atoms with Crippen LogP contribution in [-0.4, -0.2) is 48.7 Å². The summed E-state index contributed by atoms with van der Waals surface area (Å²) in [5.74, 6) is -0.463. The highest BCUT2D eigenvalue weighted by molar-refractivity contribution is 7.99. The highest BCUT2D eigenvalue weighted by Gasteiger charge is 2.38. The van der Waals surface area contributed by atoms with Crippen LogP contribution in [0, 0.1) is 0 Å². The molecule has 7 heteroatoms. The molecule has 0 aromatic heterocycles. The maximum Gasteiger partial charge on any atom is 0.346 e. The second-order valence-electron chi connectivity index (χ2n) is 5.71. The number of benzene rings is 1. The van der Waals surface area contributed by atoms with E-state index in [-0.39, 0.29) is 23.0 Å². The molecule has 6 nitrogen and oxygen atoms in total. The molecule has 1 aliphatic heterocycles. The van der Waals surface area contributed by atoms with E-state index in [0.29, 0.717) is 23.5 Å². The van der Waals surface area contributed by atoms with Crippen molar-refractivity contribution in [3.63, 3.8) is 0 Å². The molecule has 1 heterocycles. The summed E-state index contributed by atoms with van der Waals surface area (Å²) >= 11 is 1.60. The lowest BCUT2D eigenvalue weighted by Gasteiger charge is -2.13. The number of carbonyl (C=O) groups excluding carboxylic acids is 2. The van der Waals surface area contributed by atoms with Crippen molar-refractivity contribution in [1.82, 2.24) is 0 Å². The Bertz CT molecular complexity index is 697. The minimum Gasteiger partial charge on any atom is -0.507 e. The van der Waals surface area contributed by atoms with E-state index in [1.54, 1.807) is 30.0 Å². The predicted octanol–water partition coefficient (Wildman–Crippen LogP) is 2.69. The molecule has 2 rings (SSSR count). The highest BCUT2D eigenvalue weighted by atomic mass is 32.2. The number of hydrogen-bond acceptors (Lipinski definition) is 7. The van der Waals surface area contributed by atoms with E-state index in [9.17, 15) is 14.7 Å². The first kappa shape index (κ1) is 19.2. The Morgan fingerprint density at radius 2 is 2.08 bits per heavy atom. The zero-order valence-electron chi connectivity index (χ0n) is 14.7. The van der Waals surface area contributed by atoms with Gasteiger partial charge in [0.2, 0.25) is 0 Å². The third-order valence-electron chi connectivity index (χ3n) is 4.09. The molecular weight excluding hydrogens is 344 g/mol. The van der Waals surface area contributed by atoms with Gasteiger partial charge in [-0.25, -0.2) is 4.79 Å². The highest BCUT2D eigenvalue weighted by Crippen LogP contribution is 2.30. The van der Waals surface area contributed by atoms with Gasteiger partial charge in [0, 0.05) is 29.7 Å². The number of rotatable bonds is 8. The van der Waals surface area contributed by atoms with Crippen LogP contribution in [-0.2, 0) is 20.7 Å². The molecule has 0 bridgehead atoms. The summed E-state index contributed by atoms with van der Waals surface area (Å²) in [4.78, 5) is 24.6. The van der Waals surface area contributed by atoms with E-state index in [0.717, 1.165) is 0 Å². The van der Waals surface area contributed by atoms with Gasteiger partial charge in [0.15, 0.2) is 17.6 Å². The second-order valence-corrected chi connectivity index (χ2v) is 6.99. The number of cyclic esters (lactones) is 1. The van der Waals surface area contributed by atoms with Crippen LogP contribution in [0.4, 0.5) is 0 Å². The van der Waals surface area contributed by atoms with E-state index < -0.39 is 17.9 Å². The van der Waals surface area contributed by atoms with Gasteiger partial charge in [-0.15, -0.1) is 0 Å². The number of Topliss-reactive ketones (excluding diaryl/α,β-unsaturated/α-hetero) is 1. The van der Waals surface area contributed by atoms with Crippen molar-refractivity contribution in [3.8, 4) is 11.5 Å². The first-order valence-electron chi connectivity index (χ1n) is 7.82. The summed E-state index contributed by atoms with van der Waals surface area (Å²) in [6.45, 7) is 1.97. The number of esters is 1. The number of ketones is 1. The Labute approximate surface area is 151 Å². The molecule has 0 aliphatic carbocycles. The van der Waals surface area contributed by atoms with Crippen molar-refractivity contribution < 1.29 is 28.9 Å². The minimum absolute atomic E-state index is 0.0769. The fourth-order valence-corrected chi connectivity index (χ4v) is 2.95. The molecule has 0 saturated carbocycles. The molecule has 136 valence electrons. The Kier molecular flexibility index (Phi) is 6.36. The first-order chi connectivity index (χ1) is 11.9. The smallest absolute Gasteiger partial charge is 0.346 e. The van der Waals surface area contributed by atoms with Gasteiger partial charge in [-0.3, -0.25) is 4.79 Å². The Hall–Kier alpha value is -2.15. The molecule has 0 radical (unpaired) electrons. The largest absolute Gasteiger partial charge is 0.507 e. The van der Waals surface area contributed by atoms with E-state index in [4.69, 9.17) is 14.2 Å². The average molecular weight is 366 g/mol. The monoisotopic (exact) mass is 366 g/mol. The summed E-state index contributed by atoms with van der Waals surface area (Å²) in [6, 6.07) is 5.06.